The van der Waals surface area contributed by atoms with E-state index in [4.69, 9.17) is 11.6 Å². The zero-order valence-electron chi connectivity index (χ0n) is 6.34. The maximum atomic E-state index is 12.7. The zero-order chi connectivity index (χ0) is 9.84. The van der Waals surface area contributed by atoms with Crippen LogP contribution in [0.3, 0.4) is 0 Å². The van der Waals surface area contributed by atoms with Crippen molar-refractivity contribution in [1.29, 1.82) is 0 Å². The van der Waals surface area contributed by atoms with Gasteiger partial charge in [0.05, 0.1) is 0 Å². The van der Waals surface area contributed by atoms with Gasteiger partial charge in [0.1, 0.15) is 10.8 Å². The summed E-state index contributed by atoms with van der Waals surface area (Å²) in [6.45, 7) is 0. The van der Waals surface area contributed by atoms with Crippen molar-refractivity contribution in [3.63, 3.8) is 0 Å². The Hall–Kier alpha value is -0.740. The normalized spacial score (nSPS) is 15.0. The van der Waals surface area contributed by atoms with Gasteiger partial charge in [-0.3, -0.25) is 0 Å². The van der Waals surface area contributed by atoms with E-state index in [-0.39, 0.29) is 4.90 Å². The number of benzene rings is 1. The average Bonchev–Trinajstić information content (AvgIpc) is 2.17. The van der Waals surface area contributed by atoms with Crippen molar-refractivity contribution >= 4 is 22.4 Å². The highest BCUT2D eigenvalue weighted by atomic mass is 35.5. The van der Waals surface area contributed by atoms with Gasteiger partial charge in [0.2, 0.25) is 10.4 Å². The van der Waals surface area contributed by atoms with E-state index in [2.05, 4.69) is 0 Å². The van der Waals surface area contributed by atoms with Crippen molar-refractivity contribution in [2.24, 2.45) is 0 Å². The molecule has 1 atom stereocenters. The van der Waals surface area contributed by atoms with Crippen LogP contribution in [-0.4, -0.2) is 4.21 Å². The van der Waals surface area contributed by atoms with Crippen LogP contribution in [-0.2, 0) is 10.8 Å². The van der Waals surface area contributed by atoms with Crippen molar-refractivity contribution in [2.75, 3.05) is 0 Å². The van der Waals surface area contributed by atoms with Crippen molar-refractivity contribution in [1.82, 2.24) is 0 Å². The molecule has 0 aliphatic heterocycles. The van der Waals surface area contributed by atoms with Crippen LogP contribution < -0.4 is 0 Å². The molecule has 1 nitrogen and oxygen atoms in total. The lowest BCUT2D eigenvalue weighted by molar-refractivity contribution is 0.598. The van der Waals surface area contributed by atoms with Crippen LogP contribution in [0.15, 0.2) is 45.7 Å². The topological polar surface area (TPSA) is 17.1 Å². The highest BCUT2D eigenvalue weighted by molar-refractivity contribution is 7.88. The van der Waals surface area contributed by atoms with Gasteiger partial charge >= 0.3 is 0 Å². The monoisotopic (exact) mass is 222 g/mol. The van der Waals surface area contributed by atoms with E-state index in [0.29, 0.717) is 0 Å². The van der Waals surface area contributed by atoms with Gasteiger partial charge in [0, 0.05) is 4.90 Å². The van der Waals surface area contributed by atoms with Crippen LogP contribution >= 0.6 is 11.6 Å². The number of hydrogen-bond acceptors (Lipinski definition) is 1. The van der Waals surface area contributed by atoms with Crippen LogP contribution in [0.4, 0.5) is 8.78 Å². The van der Waals surface area contributed by atoms with Crippen LogP contribution in [0.2, 0.25) is 0 Å². The van der Waals surface area contributed by atoms with E-state index < -0.39 is 21.2 Å². The molecule has 0 saturated carbocycles. The van der Waals surface area contributed by atoms with E-state index in [1.54, 1.807) is 18.2 Å². The SMILES string of the molecule is O=S(/C(F)=C(/F)Cl)c1ccccc1. The molecule has 0 aromatic heterocycles. The lowest BCUT2D eigenvalue weighted by atomic mass is 10.4. The first-order valence-corrected chi connectivity index (χ1v) is 4.83. The molecule has 70 valence electrons. The third kappa shape index (κ3) is 2.60. The Morgan fingerprint density at radius 2 is 1.77 bits per heavy atom. The standard InChI is InChI=1S/C8H5ClF2OS/c9-7(10)8(11)13(12)6-4-2-1-3-5-6/h1-5H/b8-7+. The molecule has 0 aliphatic rings. The Kier molecular flexibility index (Phi) is 3.57. The van der Waals surface area contributed by atoms with Gasteiger partial charge in [-0.1, -0.05) is 18.2 Å². The molecule has 1 aromatic carbocycles. The fourth-order valence-electron chi connectivity index (χ4n) is 0.718. The second-order valence-electron chi connectivity index (χ2n) is 2.12. The fourth-order valence-corrected chi connectivity index (χ4v) is 1.68. The smallest absolute Gasteiger partial charge is 0.238 e. The molecule has 0 amide bonds. The van der Waals surface area contributed by atoms with Crippen molar-refractivity contribution in [3.05, 3.63) is 40.8 Å². The Morgan fingerprint density at radius 3 is 2.23 bits per heavy atom. The van der Waals surface area contributed by atoms with Gasteiger partial charge in [0.15, 0.2) is 0 Å². The number of rotatable bonds is 2. The third-order valence-corrected chi connectivity index (χ3v) is 2.75. The Bertz CT molecular complexity index is 346. The van der Waals surface area contributed by atoms with Gasteiger partial charge in [-0.15, -0.1) is 0 Å². The molecule has 1 aromatic rings. The maximum absolute atomic E-state index is 12.7. The van der Waals surface area contributed by atoms with E-state index in [1.165, 1.54) is 12.1 Å². The summed E-state index contributed by atoms with van der Waals surface area (Å²) < 4.78 is 35.9. The van der Waals surface area contributed by atoms with Gasteiger partial charge in [-0.2, -0.15) is 8.78 Å². The van der Waals surface area contributed by atoms with Gasteiger partial charge in [0.25, 0.3) is 0 Å². The summed E-state index contributed by atoms with van der Waals surface area (Å²) in [6, 6.07) is 7.68. The molecule has 13 heavy (non-hydrogen) atoms. The van der Waals surface area contributed by atoms with Crippen LogP contribution in [0.25, 0.3) is 0 Å². The zero-order valence-corrected chi connectivity index (χ0v) is 7.91. The average molecular weight is 223 g/mol. The summed E-state index contributed by atoms with van der Waals surface area (Å²) in [7, 11) is -2.15. The molecule has 0 bridgehead atoms. The fraction of sp³-hybridized carbons (Fsp3) is 0. The Morgan fingerprint density at radius 1 is 1.23 bits per heavy atom. The summed E-state index contributed by atoms with van der Waals surface area (Å²) in [4.78, 5) is 0.177. The quantitative estimate of drug-likeness (QED) is 0.752. The van der Waals surface area contributed by atoms with E-state index in [1.807, 2.05) is 0 Å². The summed E-state index contributed by atoms with van der Waals surface area (Å²) in [5.41, 5.74) is 0. The number of hydrogen-bond donors (Lipinski definition) is 0. The largest absolute Gasteiger partial charge is 0.247 e. The maximum Gasteiger partial charge on any atom is 0.238 e. The molecule has 1 rings (SSSR count). The lowest BCUT2D eigenvalue weighted by Gasteiger charge is -1.97. The third-order valence-electron chi connectivity index (χ3n) is 1.27. The minimum atomic E-state index is -2.15. The molecule has 0 heterocycles. The van der Waals surface area contributed by atoms with Crippen molar-refractivity contribution in [2.45, 2.75) is 4.90 Å². The minimum absolute atomic E-state index is 0.177. The van der Waals surface area contributed by atoms with Gasteiger partial charge in [-0.25, -0.2) is 4.21 Å². The molecule has 0 aliphatic carbocycles. The Labute approximate surface area is 81.5 Å². The summed E-state index contributed by atoms with van der Waals surface area (Å²) in [5, 5.41) is -3.02. The first-order valence-electron chi connectivity index (χ1n) is 3.30. The molecule has 5 heteroatoms. The predicted molar refractivity (Wildman–Crippen MR) is 47.9 cm³/mol. The van der Waals surface area contributed by atoms with Gasteiger partial charge < -0.3 is 0 Å². The summed E-state index contributed by atoms with van der Waals surface area (Å²) in [5.74, 6) is 0. The van der Waals surface area contributed by atoms with E-state index in [0.717, 1.165) is 0 Å². The van der Waals surface area contributed by atoms with E-state index in [9.17, 15) is 13.0 Å². The van der Waals surface area contributed by atoms with E-state index >= 15 is 0 Å². The van der Waals surface area contributed by atoms with Crippen LogP contribution in [0.1, 0.15) is 0 Å². The highest BCUT2D eigenvalue weighted by Crippen LogP contribution is 2.21. The molecule has 0 spiro atoms. The molecule has 0 saturated heterocycles. The van der Waals surface area contributed by atoms with Gasteiger partial charge in [-0.05, 0) is 23.7 Å². The Balaban J connectivity index is 3.00. The van der Waals surface area contributed by atoms with Crippen molar-refractivity contribution < 1.29 is 13.0 Å². The van der Waals surface area contributed by atoms with Crippen LogP contribution in [0.5, 0.6) is 0 Å². The molecular weight excluding hydrogens is 218 g/mol. The minimum Gasteiger partial charge on any atom is -0.247 e. The van der Waals surface area contributed by atoms with Crippen molar-refractivity contribution in [3.8, 4) is 0 Å². The predicted octanol–water partition coefficient (Wildman–Crippen LogP) is 3.10. The highest BCUT2D eigenvalue weighted by Gasteiger charge is 2.13. The second kappa shape index (κ2) is 4.48. The molecule has 0 radical (unpaired) electrons. The molecule has 0 fully saturated rings. The first kappa shape index (κ1) is 10.3. The second-order valence-corrected chi connectivity index (χ2v) is 3.82. The molecular formula is C8H5ClF2OS. The van der Waals surface area contributed by atoms with Crippen LogP contribution in [0, 0.1) is 0 Å². The number of halogens is 3. The molecule has 0 N–H and O–H groups in total. The molecule has 1 unspecified atom stereocenters. The first-order chi connectivity index (χ1) is 6.13. The summed E-state index contributed by atoms with van der Waals surface area (Å²) >= 11 is 4.72. The summed E-state index contributed by atoms with van der Waals surface area (Å²) in [6.07, 6.45) is 0. The lowest BCUT2D eigenvalue weighted by Crippen LogP contribution is -1.91.